The Labute approximate surface area is 176 Å². The number of aryl methyl sites for hydroxylation is 4. The van der Waals surface area contributed by atoms with Crippen LogP contribution in [-0.2, 0) is 25.9 Å². The van der Waals surface area contributed by atoms with Gasteiger partial charge >= 0.3 is 5.82 Å². The van der Waals surface area contributed by atoms with E-state index in [9.17, 15) is 0 Å². The van der Waals surface area contributed by atoms with Crippen molar-refractivity contribution in [2.75, 3.05) is 0 Å². The van der Waals surface area contributed by atoms with E-state index in [1.807, 2.05) is 0 Å². The highest BCUT2D eigenvalue weighted by Crippen LogP contribution is 2.18. The third-order valence-corrected chi connectivity index (χ3v) is 5.48. The van der Waals surface area contributed by atoms with Crippen molar-refractivity contribution in [1.29, 1.82) is 0 Å². The van der Waals surface area contributed by atoms with Gasteiger partial charge in [0, 0.05) is 12.8 Å². The first-order valence-corrected chi connectivity index (χ1v) is 10.4. The Morgan fingerprint density at radius 3 is 2.00 bits per heavy atom. The van der Waals surface area contributed by atoms with Gasteiger partial charge in [-0.1, -0.05) is 85.0 Å². The van der Waals surface area contributed by atoms with Crippen LogP contribution < -0.4 is 4.57 Å². The summed E-state index contributed by atoms with van der Waals surface area (Å²) in [5.74, 6) is 1.02. The van der Waals surface area contributed by atoms with Gasteiger partial charge in [0.1, 0.15) is 0 Å². The molecular weight excluding hydrogens is 380 g/mol. The fraction of sp³-hybridized carbons (Fsp3) is 0.167. The largest absolute Gasteiger partial charge is 0.307 e. The lowest BCUT2D eigenvalue weighted by Gasteiger charge is -2.05. The Hall–Kier alpha value is -2.43. The fourth-order valence-corrected chi connectivity index (χ4v) is 4.21. The molecule has 0 fully saturated rings. The Morgan fingerprint density at radius 1 is 0.786 bits per heavy atom. The van der Waals surface area contributed by atoms with Gasteiger partial charge in [-0.3, -0.25) is 0 Å². The second-order valence-corrected chi connectivity index (χ2v) is 8.05. The molecule has 4 aromatic rings. The molecule has 3 aromatic carbocycles. The van der Waals surface area contributed by atoms with Gasteiger partial charge < -0.3 is 0 Å². The van der Waals surface area contributed by atoms with Crippen LogP contribution in [0.2, 0.25) is 0 Å². The zero-order chi connectivity index (χ0) is 19.3. The summed E-state index contributed by atoms with van der Waals surface area (Å²) < 4.78 is 5.28. The molecule has 0 saturated carbocycles. The van der Waals surface area contributed by atoms with Gasteiger partial charge in [-0.05, 0) is 23.3 Å². The summed E-state index contributed by atoms with van der Waals surface area (Å²) in [7, 11) is 0. The van der Waals surface area contributed by atoms with Crippen LogP contribution in [0.4, 0.5) is 0 Å². The number of benzene rings is 3. The number of hydrogen-bond acceptors (Lipinski definition) is 1. The molecule has 2 nitrogen and oxygen atoms in total. The molecule has 0 aliphatic rings. The summed E-state index contributed by atoms with van der Waals surface area (Å²) in [4.78, 5) is 0. The van der Waals surface area contributed by atoms with E-state index in [-0.39, 0.29) is 0 Å². The third kappa shape index (κ3) is 4.03. The van der Waals surface area contributed by atoms with Crippen molar-refractivity contribution in [3.63, 3.8) is 0 Å². The smallest absolute Gasteiger partial charge is 0.221 e. The highest BCUT2D eigenvalue weighted by molar-refractivity contribution is 8.11. The standard InChI is InChI=1S/C24H22N2S2/c27-24(28)23-25(17-15-19-9-3-1-4-10-19)21-13-7-8-14-22(21)26(23)18-16-20-11-5-2-6-12-20/h1-14H,15-18H2/p+1. The number of para-hydroxylation sites is 2. The molecule has 0 unspecified atom stereocenters. The SMILES string of the molecule is S=C(S)c1n(CCc2ccccc2)c2ccccc2[n+]1CCc1ccccc1. The summed E-state index contributed by atoms with van der Waals surface area (Å²) in [5, 5.41) is 0. The minimum absolute atomic E-state index is 0.636. The van der Waals surface area contributed by atoms with Gasteiger partial charge in [0.15, 0.2) is 15.2 Å². The van der Waals surface area contributed by atoms with Gasteiger partial charge in [0.25, 0.3) is 0 Å². The van der Waals surface area contributed by atoms with E-state index in [0.717, 1.165) is 31.8 Å². The highest BCUT2D eigenvalue weighted by atomic mass is 32.1. The molecule has 1 heterocycles. The summed E-state index contributed by atoms with van der Waals surface area (Å²) in [5.41, 5.74) is 5.06. The molecule has 0 bridgehead atoms. The molecule has 0 aliphatic heterocycles. The molecule has 4 heteroatoms. The molecule has 0 spiro atoms. The molecule has 0 atom stereocenters. The van der Waals surface area contributed by atoms with Crippen LogP contribution in [0.15, 0.2) is 84.9 Å². The zero-order valence-electron chi connectivity index (χ0n) is 15.7. The third-order valence-electron chi connectivity index (χ3n) is 5.10. The van der Waals surface area contributed by atoms with Crippen LogP contribution in [0.3, 0.4) is 0 Å². The van der Waals surface area contributed by atoms with Crippen molar-refractivity contribution in [2.45, 2.75) is 25.9 Å². The highest BCUT2D eigenvalue weighted by Gasteiger charge is 2.26. The maximum absolute atomic E-state index is 5.56. The predicted octanol–water partition coefficient (Wildman–Crippen LogP) is 5.02. The molecular formula is C24H23N2S2+. The summed E-state index contributed by atoms with van der Waals surface area (Å²) in [6.07, 6.45) is 1.92. The first kappa shape index (κ1) is 18.9. The average Bonchev–Trinajstić information content (AvgIpc) is 3.06. The van der Waals surface area contributed by atoms with E-state index >= 15 is 0 Å². The van der Waals surface area contributed by atoms with E-state index in [4.69, 9.17) is 12.2 Å². The number of fused-ring (bicyclic) bond motifs is 1. The molecule has 0 radical (unpaired) electrons. The normalized spacial score (nSPS) is 11.0. The van der Waals surface area contributed by atoms with Gasteiger partial charge in [-0.25, -0.2) is 9.13 Å². The van der Waals surface area contributed by atoms with Crippen LogP contribution in [0.25, 0.3) is 11.0 Å². The van der Waals surface area contributed by atoms with Crippen LogP contribution in [0, 0.1) is 0 Å². The molecule has 140 valence electrons. The van der Waals surface area contributed by atoms with E-state index in [1.165, 1.54) is 22.2 Å². The first-order valence-electron chi connectivity index (χ1n) is 9.56. The topological polar surface area (TPSA) is 8.81 Å². The van der Waals surface area contributed by atoms with Gasteiger partial charge in [-0.15, -0.1) is 12.6 Å². The van der Waals surface area contributed by atoms with Crippen molar-refractivity contribution < 1.29 is 4.57 Å². The Kier molecular flexibility index (Phi) is 5.89. The van der Waals surface area contributed by atoms with Crippen LogP contribution in [-0.4, -0.2) is 8.76 Å². The predicted molar refractivity (Wildman–Crippen MR) is 123 cm³/mol. The molecule has 0 N–H and O–H groups in total. The lowest BCUT2D eigenvalue weighted by Crippen LogP contribution is -2.40. The van der Waals surface area contributed by atoms with E-state index in [2.05, 4.69) is 107 Å². The minimum atomic E-state index is 0.636. The zero-order valence-corrected chi connectivity index (χ0v) is 17.4. The maximum Gasteiger partial charge on any atom is 0.307 e. The number of hydrogen-bond donors (Lipinski definition) is 1. The molecule has 0 amide bonds. The Bertz CT molecular complexity index is 1010. The number of thiocarbonyl (C=S) groups is 1. The van der Waals surface area contributed by atoms with Crippen molar-refractivity contribution in [3.05, 3.63) is 102 Å². The number of aromatic nitrogens is 2. The number of imidazole rings is 1. The summed E-state index contributed by atoms with van der Waals surface area (Å²) in [6, 6.07) is 29.7. The van der Waals surface area contributed by atoms with Crippen LogP contribution >= 0.6 is 24.8 Å². The summed E-state index contributed by atoms with van der Waals surface area (Å²) >= 11 is 10.2. The molecule has 0 aliphatic carbocycles. The quantitative estimate of drug-likeness (QED) is 0.259. The van der Waals surface area contributed by atoms with Crippen molar-refractivity contribution >= 4 is 40.1 Å². The van der Waals surface area contributed by atoms with E-state index < -0.39 is 0 Å². The van der Waals surface area contributed by atoms with E-state index in [0.29, 0.717) is 4.20 Å². The lowest BCUT2D eigenvalue weighted by molar-refractivity contribution is -0.672. The molecule has 28 heavy (non-hydrogen) atoms. The summed E-state index contributed by atoms with van der Waals surface area (Å²) in [6.45, 7) is 1.75. The number of nitrogens with zero attached hydrogens (tertiary/aromatic N) is 2. The second kappa shape index (κ2) is 8.72. The van der Waals surface area contributed by atoms with Gasteiger partial charge in [0.05, 0.1) is 13.1 Å². The van der Waals surface area contributed by atoms with Crippen molar-refractivity contribution in [3.8, 4) is 0 Å². The fourth-order valence-electron chi connectivity index (χ4n) is 3.75. The Morgan fingerprint density at radius 2 is 1.36 bits per heavy atom. The van der Waals surface area contributed by atoms with Gasteiger partial charge in [0.2, 0.25) is 0 Å². The second-order valence-electron chi connectivity index (χ2n) is 6.89. The number of thiol groups is 1. The first-order chi connectivity index (χ1) is 13.7. The average molecular weight is 404 g/mol. The van der Waals surface area contributed by atoms with Crippen LogP contribution in [0.1, 0.15) is 17.0 Å². The lowest BCUT2D eigenvalue weighted by atomic mass is 10.1. The van der Waals surface area contributed by atoms with E-state index in [1.54, 1.807) is 0 Å². The van der Waals surface area contributed by atoms with Crippen LogP contribution in [0.5, 0.6) is 0 Å². The maximum atomic E-state index is 5.56. The van der Waals surface area contributed by atoms with Gasteiger partial charge in [-0.2, -0.15) is 0 Å². The monoisotopic (exact) mass is 403 g/mol. The number of rotatable bonds is 7. The van der Waals surface area contributed by atoms with Crippen molar-refractivity contribution in [2.24, 2.45) is 0 Å². The molecule has 0 saturated heterocycles. The Balaban J connectivity index is 1.71. The van der Waals surface area contributed by atoms with Crippen molar-refractivity contribution in [1.82, 2.24) is 4.57 Å². The molecule has 1 aromatic heterocycles. The molecule has 4 rings (SSSR count). The minimum Gasteiger partial charge on any atom is -0.221 e.